The third kappa shape index (κ3) is 1.46. The highest BCUT2D eigenvalue weighted by molar-refractivity contribution is 5.97. The maximum atomic E-state index is 11.5. The molecule has 0 aromatic carbocycles. The van der Waals surface area contributed by atoms with Crippen molar-refractivity contribution in [2.45, 2.75) is 32.7 Å². The largest absolute Gasteiger partial charge is 0.344 e. The first kappa shape index (κ1) is 9.40. The lowest BCUT2D eigenvalue weighted by atomic mass is 9.96. The zero-order chi connectivity index (χ0) is 10.3. The van der Waals surface area contributed by atoms with E-state index in [1.807, 2.05) is 0 Å². The van der Waals surface area contributed by atoms with Crippen molar-refractivity contribution in [1.29, 1.82) is 0 Å². The van der Waals surface area contributed by atoms with Crippen LogP contribution < -0.4 is 5.32 Å². The number of aromatic amines is 1. The molecule has 0 spiro atoms. The Bertz CT molecular complexity index is 373. The lowest BCUT2D eigenvalue weighted by Gasteiger charge is -2.13. The van der Waals surface area contributed by atoms with Gasteiger partial charge in [-0.05, 0) is 0 Å². The highest BCUT2D eigenvalue weighted by Crippen LogP contribution is 2.21. The van der Waals surface area contributed by atoms with Crippen LogP contribution in [0.15, 0.2) is 0 Å². The summed E-state index contributed by atoms with van der Waals surface area (Å²) >= 11 is 0. The molecule has 0 bridgehead atoms. The Morgan fingerprint density at radius 1 is 1.29 bits per heavy atom. The van der Waals surface area contributed by atoms with E-state index < -0.39 is 0 Å². The van der Waals surface area contributed by atoms with Crippen molar-refractivity contribution >= 4 is 5.78 Å². The number of hydrogen-bond donors (Lipinski definition) is 2. The second-order valence-corrected chi connectivity index (χ2v) is 4.69. The van der Waals surface area contributed by atoms with Crippen molar-refractivity contribution in [3.05, 3.63) is 17.2 Å². The van der Waals surface area contributed by atoms with Crippen molar-refractivity contribution in [2.75, 3.05) is 6.54 Å². The van der Waals surface area contributed by atoms with E-state index in [4.69, 9.17) is 0 Å². The number of carbonyl (C=O) groups excluding carboxylic acids is 1. The number of H-pyrrole nitrogens is 1. The van der Waals surface area contributed by atoms with Gasteiger partial charge in [0.2, 0.25) is 0 Å². The van der Waals surface area contributed by atoms with Crippen LogP contribution in [0.2, 0.25) is 0 Å². The molecule has 4 nitrogen and oxygen atoms in total. The molecule has 0 saturated heterocycles. The second-order valence-electron chi connectivity index (χ2n) is 4.69. The molecular weight excluding hydrogens is 178 g/mol. The Morgan fingerprint density at radius 3 is 2.57 bits per heavy atom. The molecule has 2 heterocycles. The standard InChI is InChI=1S/C10H15N3O/c1-10(2,3)9-12-6-4-11-5-7(14)8(6)13-9/h11H,4-5H2,1-3H3,(H,12,13). The van der Waals surface area contributed by atoms with Crippen LogP contribution in [0, 0.1) is 0 Å². The molecule has 1 aliphatic heterocycles. The van der Waals surface area contributed by atoms with Crippen molar-refractivity contribution < 1.29 is 4.79 Å². The molecule has 0 saturated carbocycles. The van der Waals surface area contributed by atoms with Gasteiger partial charge in [0.25, 0.3) is 0 Å². The monoisotopic (exact) mass is 193 g/mol. The van der Waals surface area contributed by atoms with E-state index >= 15 is 0 Å². The van der Waals surface area contributed by atoms with E-state index in [-0.39, 0.29) is 11.2 Å². The minimum absolute atomic E-state index is 0.0301. The van der Waals surface area contributed by atoms with Crippen LogP contribution >= 0.6 is 0 Å². The number of aromatic nitrogens is 2. The SMILES string of the molecule is CC(C)(C)c1nc2c([nH]1)CNCC2=O. The predicted molar refractivity (Wildman–Crippen MR) is 53.3 cm³/mol. The molecule has 0 radical (unpaired) electrons. The van der Waals surface area contributed by atoms with E-state index in [0.29, 0.717) is 18.8 Å². The summed E-state index contributed by atoms with van der Waals surface area (Å²) in [6.07, 6.45) is 0. The molecule has 4 heteroatoms. The zero-order valence-electron chi connectivity index (χ0n) is 8.77. The highest BCUT2D eigenvalue weighted by atomic mass is 16.1. The van der Waals surface area contributed by atoms with Gasteiger partial charge >= 0.3 is 0 Å². The van der Waals surface area contributed by atoms with Gasteiger partial charge in [-0.3, -0.25) is 4.79 Å². The Balaban J connectivity index is 2.45. The van der Waals surface area contributed by atoms with Crippen LogP contribution in [0.5, 0.6) is 0 Å². The van der Waals surface area contributed by atoms with Crippen LogP contribution in [-0.4, -0.2) is 22.3 Å². The van der Waals surface area contributed by atoms with E-state index in [0.717, 1.165) is 11.5 Å². The molecule has 2 rings (SSSR count). The van der Waals surface area contributed by atoms with Gasteiger partial charge in [-0.2, -0.15) is 0 Å². The average molecular weight is 193 g/mol. The average Bonchev–Trinajstić information content (AvgIpc) is 2.48. The van der Waals surface area contributed by atoms with Gasteiger partial charge < -0.3 is 10.3 Å². The Morgan fingerprint density at radius 2 is 2.00 bits per heavy atom. The van der Waals surface area contributed by atoms with Gasteiger partial charge in [0.15, 0.2) is 5.78 Å². The molecule has 0 atom stereocenters. The molecule has 1 aromatic heterocycles. The molecule has 0 fully saturated rings. The molecule has 14 heavy (non-hydrogen) atoms. The van der Waals surface area contributed by atoms with Gasteiger partial charge in [-0.15, -0.1) is 0 Å². The lowest BCUT2D eigenvalue weighted by Crippen LogP contribution is -2.29. The summed E-state index contributed by atoms with van der Waals surface area (Å²) in [5.74, 6) is 0.970. The summed E-state index contributed by atoms with van der Waals surface area (Å²) < 4.78 is 0. The van der Waals surface area contributed by atoms with Crippen molar-refractivity contribution in [3.8, 4) is 0 Å². The smallest absolute Gasteiger partial charge is 0.196 e. The lowest BCUT2D eigenvalue weighted by molar-refractivity contribution is 0.0977. The first-order valence-corrected chi connectivity index (χ1v) is 4.82. The van der Waals surface area contributed by atoms with E-state index in [2.05, 4.69) is 36.1 Å². The molecule has 76 valence electrons. The van der Waals surface area contributed by atoms with Crippen LogP contribution in [-0.2, 0) is 12.0 Å². The fourth-order valence-electron chi connectivity index (χ4n) is 1.51. The number of nitrogens with one attached hydrogen (secondary N) is 2. The summed E-state index contributed by atoms with van der Waals surface area (Å²) in [6.45, 7) is 7.35. The maximum absolute atomic E-state index is 11.5. The van der Waals surface area contributed by atoms with Gasteiger partial charge in [0.1, 0.15) is 11.5 Å². The molecule has 1 aliphatic rings. The number of hydrogen-bond acceptors (Lipinski definition) is 3. The summed E-state index contributed by atoms with van der Waals surface area (Å²) in [7, 11) is 0. The van der Waals surface area contributed by atoms with E-state index in [9.17, 15) is 4.79 Å². The van der Waals surface area contributed by atoms with Gasteiger partial charge in [0.05, 0.1) is 12.2 Å². The number of ketones is 1. The number of carbonyl (C=O) groups is 1. The summed E-state index contributed by atoms with van der Waals surface area (Å²) in [6, 6.07) is 0. The first-order valence-electron chi connectivity index (χ1n) is 4.82. The van der Waals surface area contributed by atoms with Gasteiger partial charge in [0, 0.05) is 12.0 Å². The topological polar surface area (TPSA) is 57.8 Å². The number of fused-ring (bicyclic) bond motifs is 1. The maximum Gasteiger partial charge on any atom is 0.196 e. The first-order chi connectivity index (χ1) is 6.48. The Labute approximate surface area is 83.1 Å². The van der Waals surface area contributed by atoms with Crippen LogP contribution in [0.1, 0.15) is 42.8 Å². The van der Waals surface area contributed by atoms with E-state index in [1.165, 1.54) is 0 Å². The fraction of sp³-hybridized carbons (Fsp3) is 0.600. The van der Waals surface area contributed by atoms with E-state index in [1.54, 1.807) is 0 Å². The quantitative estimate of drug-likeness (QED) is 0.646. The molecule has 0 aliphatic carbocycles. The van der Waals surface area contributed by atoms with Crippen LogP contribution in [0.4, 0.5) is 0 Å². The highest BCUT2D eigenvalue weighted by Gasteiger charge is 2.25. The van der Waals surface area contributed by atoms with Crippen molar-refractivity contribution in [1.82, 2.24) is 15.3 Å². The third-order valence-corrected chi connectivity index (χ3v) is 2.34. The molecule has 2 N–H and O–H groups in total. The third-order valence-electron chi connectivity index (χ3n) is 2.34. The normalized spacial score (nSPS) is 16.9. The molecule has 1 aromatic rings. The van der Waals surface area contributed by atoms with Crippen LogP contribution in [0.25, 0.3) is 0 Å². The fourth-order valence-corrected chi connectivity index (χ4v) is 1.51. The second kappa shape index (κ2) is 2.92. The Hall–Kier alpha value is -1.16. The molecular formula is C10H15N3O. The van der Waals surface area contributed by atoms with Crippen molar-refractivity contribution in [2.24, 2.45) is 0 Å². The number of nitrogens with zero attached hydrogens (tertiary/aromatic N) is 1. The minimum atomic E-state index is -0.0301. The summed E-state index contributed by atoms with van der Waals surface area (Å²) in [5.41, 5.74) is 1.51. The van der Waals surface area contributed by atoms with Crippen LogP contribution in [0.3, 0.4) is 0 Å². The molecule has 0 unspecified atom stereocenters. The predicted octanol–water partition coefficient (Wildman–Crippen LogP) is 0.993. The van der Waals surface area contributed by atoms with Gasteiger partial charge in [-0.1, -0.05) is 20.8 Å². The summed E-state index contributed by atoms with van der Waals surface area (Å²) in [5, 5.41) is 3.03. The number of rotatable bonds is 0. The minimum Gasteiger partial charge on any atom is -0.344 e. The van der Waals surface area contributed by atoms with Crippen molar-refractivity contribution in [3.63, 3.8) is 0 Å². The van der Waals surface area contributed by atoms with Gasteiger partial charge in [-0.25, -0.2) is 4.98 Å². The Kier molecular flexibility index (Phi) is 1.96. The zero-order valence-corrected chi connectivity index (χ0v) is 8.77. The molecule has 0 amide bonds. The summed E-state index contributed by atoms with van der Waals surface area (Å²) in [4.78, 5) is 19.0. The number of Topliss-reactive ketones (excluding diaryl/α,β-unsaturated/α-hetero) is 1. The number of imidazole rings is 1.